The van der Waals surface area contributed by atoms with Gasteiger partial charge in [0.1, 0.15) is 5.82 Å². The molecule has 0 aliphatic carbocycles. The normalized spacial score (nSPS) is 19.2. The number of rotatable bonds is 2. The van der Waals surface area contributed by atoms with Gasteiger partial charge in [0.2, 0.25) is 0 Å². The average molecular weight is 279 g/mol. The number of aliphatic hydroxyl groups is 1. The first kappa shape index (κ1) is 15.3. The Morgan fingerprint density at radius 1 is 1.25 bits per heavy atom. The number of piperidine rings is 1. The van der Waals surface area contributed by atoms with Crippen molar-refractivity contribution in [3.8, 4) is 0 Å². The third-order valence-corrected chi connectivity index (χ3v) is 4.50. The molecule has 1 aliphatic rings. The molecule has 0 amide bonds. The summed E-state index contributed by atoms with van der Waals surface area (Å²) in [6, 6.07) is 4.74. The Morgan fingerprint density at radius 2 is 1.85 bits per heavy atom. The molecule has 1 heterocycles. The average Bonchev–Trinajstić information content (AvgIpc) is 2.37. The summed E-state index contributed by atoms with van der Waals surface area (Å²) in [5.41, 5.74) is 2.02. The predicted octanol–water partition coefficient (Wildman–Crippen LogP) is 4.14. The summed E-state index contributed by atoms with van der Waals surface area (Å²) in [4.78, 5) is 2.28. The van der Waals surface area contributed by atoms with Crippen LogP contribution >= 0.6 is 0 Å². The summed E-state index contributed by atoms with van der Waals surface area (Å²) in [5.74, 6) is 0.448. The first-order valence-electron chi connectivity index (χ1n) is 7.51. The minimum absolute atomic E-state index is 0.283. The van der Waals surface area contributed by atoms with Crippen LogP contribution in [-0.2, 0) is 0 Å². The van der Waals surface area contributed by atoms with E-state index in [0.717, 1.165) is 37.5 Å². The van der Waals surface area contributed by atoms with Crippen molar-refractivity contribution < 1.29 is 9.50 Å². The first-order valence-corrected chi connectivity index (χ1v) is 7.51. The van der Waals surface area contributed by atoms with Gasteiger partial charge in [0.15, 0.2) is 0 Å². The van der Waals surface area contributed by atoms with Crippen molar-refractivity contribution in [1.82, 2.24) is 0 Å². The molecule has 1 unspecified atom stereocenters. The van der Waals surface area contributed by atoms with Crippen LogP contribution in [0.1, 0.15) is 52.2 Å². The molecular formula is C17H26FNO. The standard InChI is InChI=1S/C17H26FNO/c1-12(20)15-11-14(18)5-6-16(15)19-9-7-13(8-10-19)17(2,3)4/h5-6,11-13,20H,7-10H2,1-4H3. The van der Waals surface area contributed by atoms with E-state index in [2.05, 4.69) is 25.7 Å². The fourth-order valence-electron chi connectivity index (χ4n) is 3.13. The van der Waals surface area contributed by atoms with Gasteiger partial charge in [-0.05, 0) is 49.3 Å². The van der Waals surface area contributed by atoms with Crippen molar-refractivity contribution in [1.29, 1.82) is 0 Å². The van der Waals surface area contributed by atoms with Crippen LogP contribution in [0.3, 0.4) is 0 Å². The van der Waals surface area contributed by atoms with Gasteiger partial charge >= 0.3 is 0 Å². The minimum atomic E-state index is -0.638. The molecule has 1 aromatic carbocycles. The molecule has 1 atom stereocenters. The molecule has 0 bridgehead atoms. The van der Waals surface area contributed by atoms with E-state index in [0.29, 0.717) is 11.0 Å². The van der Waals surface area contributed by atoms with Crippen LogP contribution in [0, 0.1) is 17.2 Å². The van der Waals surface area contributed by atoms with Crippen LogP contribution in [0.15, 0.2) is 18.2 Å². The van der Waals surface area contributed by atoms with E-state index in [1.54, 1.807) is 13.0 Å². The Kier molecular flexibility index (Phi) is 4.38. The van der Waals surface area contributed by atoms with E-state index in [9.17, 15) is 9.50 Å². The summed E-state index contributed by atoms with van der Waals surface area (Å²) in [5, 5.41) is 9.85. The van der Waals surface area contributed by atoms with Crippen LogP contribution in [0.2, 0.25) is 0 Å². The Hall–Kier alpha value is -1.09. The van der Waals surface area contributed by atoms with E-state index in [-0.39, 0.29) is 5.82 Å². The van der Waals surface area contributed by atoms with Gasteiger partial charge in [-0.15, -0.1) is 0 Å². The maximum Gasteiger partial charge on any atom is 0.123 e. The molecule has 3 heteroatoms. The van der Waals surface area contributed by atoms with Crippen molar-refractivity contribution in [3.05, 3.63) is 29.6 Å². The Balaban J connectivity index is 2.15. The molecule has 0 spiro atoms. The number of anilines is 1. The fraction of sp³-hybridized carbons (Fsp3) is 0.647. The zero-order valence-electron chi connectivity index (χ0n) is 13.0. The fourth-order valence-corrected chi connectivity index (χ4v) is 3.13. The van der Waals surface area contributed by atoms with Crippen LogP contribution in [0.25, 0.3) is 0 Å². The largest absolute Gasteiger partial charge is 0.389 e. The van der Waals surface area contributed by atoms with Gasteiger partial charge in [0, 0.05) is 24.3 Å². The van der Waals surface area contributed by atoms with Crippen LogP contribution in [-0.4, -0.2) is 18.2 Å². The lowest BCUT2D eigenvalue weighted by atomic mass is 9.75. The monoisotopic (exact) mass is 279 g/mol. The van der Waals surface area contributed by atoms with Gasteiger partial charge in [0.05, 0.1) is 6.10 Å². The maximum absolute atomic E-state index is 13.4. The summed E-state index contributed by atoms with van der Waals surface area (Å²) in [7, 11) is 0. The Bertz CT molecular complexity index is 457. The highest BCUT2D eigenvalue weighted by Crippen LogP contribution is 2.37. The topological polar surface area (TPSA) is 23.5 Å². The SMILES string of the molecule is CC(O)c1cc(F)ccc1N1CCC(C(C)(C)C)CC1. The number of nitrogens with zero attached hydrogens (tertiary/aromatic N) is 1. The third-order valence-electron chi connectivity index (χ3n) is 4.50. The first-order chi connectivity index (χ1) is 9.29. The highest BCUT2D eigenvalue weighted by molar-refractivity contribution is 5.55. The van der Waals surface area contributed by atoms with Gasteiger partial charge in [-0.25, -0.2) is 4.39 Å². The second-order valence-corrected chi connectivity index (χ2v) is 7.01. The second kappa shape index (κ2) is 5.72. The van der Waals surface area contributed by atoms with Crippen molar-refractivity contribution in [3.63, 3.8) is 0 Å². The number of benzene rings is 1. The molecule has 1 saturated heterocycles. The summed E-state index contributed by atoms with van der Waals surface area (Å²) >= 11 is 0. The molecule has 1 N–H and O–H groups in total. The molecular weight excluding hydrogens is 253 g/mol. The van der Waals surface area contributed by atoms with Gasteiger partial charge in [-0.1, -0.05) is 20.8 Å². The van der Waals surface area contributed by atoms with Crippen molar-refractivity contribution in [2.75, 3.05) is 18.0 Å². The van der Waals surface area contributed by atoms with Crippen LogP contribution in [0.5, 0.6) is 0 Å². The predicted molar refractivity (Wildman–Crippen MR) is 81.4 cm³/mol. The summed E-state index contributed by atoms with van der Waals surface area (Å²) < 4.78 is 13.4. The van der Waals surface area contributed by atoms with Crippen molar-refractivity contribution in [2.45, 2.75) is 46.6 Å². The highest BCUT2D eigenvalue weighted by Gasteiger charge is 2.29. The maximum atomic E-state index is 13.4. The molecule has 1 aliphatic heterocycles. The van der Waals surface area contributed by atoms with Gasteiger partial charge in [-0.2, -0.15) is 0 Å². The van der Waals surface area contributed by atoms with Crippen LogP contribution < -0.4 is 4.90 Å². The van der Waals surface area contributed by atoms with Crippen molar-refractivity contribution >= 4 is 5.69 Å². The molecule has 0 aromatic heterocycles. The molecule has 1 fully saturated rings. The van der Waals surface area contributed by atoms with Gasteiger partial charge in [0.25, 0.3) is 0 Å². The van der Waals surface area contributed by atoms with Crippen molar-refractivity contribution in [2.24, 2.45) is 11.3 Å². The molecule has 0 saturated carbocycles. The lowest BCUT2D eigenvalue weighted by Crippen LogP contribution is -2.38. The summed E-state index contributed by atoms with van der Waals surface area (Å²) in [6.07, 6.45) is 1.67. The van der Waals surface area contributed by atoms with Gasteiger partial charge in [-0.3, -0.25) is 0 Å². The molecule has 20 heavy (non-hydrogen) atoms. The van der Waals surface area contributed by atoms with E-state index >= 15 is 0 Å². The third kappa shape index (κ3) is 3.32. The lowest BCUT2D eigenvalue weighted by molar-refractivity contribution is 0.193. The second-order valence-electron chi connectivity index (χ2n) is 7.01. The van der Waals surface area contributed by atoms with E-state index in [1.165, 1.54) is 12.1 Å². The smallest absolute Gasteiger partial charge is 0.123 e. The Morgan fingerprint density at radius 3 is 2.35 bits per heavy atom. The number of hydrogen-bond donors (Lipinski definition) is 1. The lowest BCUT2D eigenvalue weighted by Gasteiger charge is -2.40. The zero-order chi connectivity index (χ0) is 14.9. The number of aliphatic hydroxyl groups excluding tert-OH is 1. The zero-order valence-corrected chi connectivity index (χ0v) is 13.0. The molecule has 1 aromatic rings. The van der Waals surface area contributed by atoms with Gasteiger partial charge < -0.3 is 10.0 Å². The van der Waals surface area contributed by atoms with E-state index in [4.69, 9.17) is 0 Å². The van der Waals surface area contributed by atoms with E-state index in [1.807, 2.05) is 0 Å². The summed E-state index contributed by atoms with van der Waals surface area (Å²) in [6.45, 7) is 10.5. The molecule has 112 valence electrons. The number of halogens is 1. The highest BCUT2D eigenvalue weighted by atomic mass is 19.1. The molecule has 0 radical (unpaired) electrons. The molecule has 2 rings (SSSR count). The van der Waals surface area contributed by atoms with Crippen LogP contribution in [0.4, 0.5) is 10.1 Å². The number of hydrogen-bond acceptors (Lipinski definition) is 2. The van der Waals surface area contributed by atoms with E-state index < -0.39 is 6.10 Å². The Labute approximate surface area is 121 Å². The minimum Gasteiger partial charge on any atom is -0.389 e. The molecule has 2 nitrogen and oxygen atoms in total. The quantitative estimate of drug-likeness (QED) is 0.879.